The van der Waals surface area contributed by atoms with Crippen LogP contribution in [0.1, 0.15) is 66.1 Å². The molecule has 0 atom stereocenters. The lowest BCUT2D eigenvalue weighted by molar-refractivity contribution is 0.0535. The van der Waals surface area contributed by atoms with E-state index in [1.54, 1.807) is 64.1 Å². The highest BCUT2D eigenvalue weighted by molar-refractivity contribution is 5.99. The molecule has 0 bridgehead atoms. The molecule has 44 heavy (non-hydrogen) atoms. The monoisotopic (exact) mass is 610 g/mol. The third kappa shape index (κ3) is 8.76. The topological polar surface area (TPSA) is 119 Å². The minimum atomic E-state index is -0.952. The Balaban J connectivity index is 2.21. The Morgan fingerprint density at radius 3 is 2.36 bits per heavy atom. The van der Waals surface area contributed by atoms with Crippen LogP contribution in [-0.2, 0) is 17.9 Å². The second kappa shape index (κ2) is 14.9. The molecule has 0 aliphatic carbocycles. The van der Waals surface area contributed by atoms with E-state index in [2.05, 4.69) is 17.2 Å². The third-order valence-electron chi connectivity index (χ3n) is 6.03. The average Bonchev–Trinajstić information content (AvgIpc) is 2.96. The number of benzene rings is 2. The first-order valence-electron chi connectivity index (χ1n) is 13.9. The van der Waals surface area contributed by atoms with Gasteiger partial charge in [-0.25, -0.2) is 23.3 Å². The van der Waals surface area contributed by atoms with E-state index in [1.807, 2.05) is 0 Å². The molecular weight excluding hydrogens is 574 g/mol. The fourth-order valence-corrected chi connectivity index (χ4v) is 4.00. The predicted octanol–water partition coefficient (Wildman–Crippen LogP) is 4.83. The van der Waals surface area contributed by atoms with Crippen LogP contribution in [0.3, 0.4) is 0 Å². The van der Waals surface area contributed by atoms with Crippen LogP contribution in [0.5, 0.6) is 5.75 Å². The number of pyridine rings is 1. The molecule has 1 aromatic heterocycles. The highest BCUT2D eigenvalue weighted by Gasteiger charge is 2.32. The first kappa shape index (κ1) is 33.5. The van der Waals surface area contributed by atoms with Gasteiger partial charge in [-0.3, -0.25) is 14.4 Å². The number of hydrogen-bond donors (Lipinski definition) is 2. The van der Waals surface area contributed by atoms with Gasteiger partial charge in [0.25, 0.3) is 11.8 Å². The Kier molecular flexibility index (Phi) is 11.4. The molecular formula is C32H36F2N4O6. The number of nitrogens with one attached hydrogen (secondary N) is 2. The number of ether oxygens (including phenoxy) is 2. The summed E-state index contributed by atoms with van der Waals surface area (Å²) < 4.78 is 40.2. The number of rotatable bonds is 12. The van der Waals surface area contributed by atoms with Crippen molar-refractivity contribution in [1.82, 2.24) is 15.3 Å². The highest BCUT2D eigenvalue weighted by atomic mass is 19.1. The van der Waals surface area contributed by atoms with Crippen LogP contribution < -0.4 is 25.8 Å². The lowest BCUT2D eigenvalue weighted by Crippen LogP contribution is -2.48. The fourth-order valence-electron chi connectivity index (χ4n) is 4.00. The van der Waals surface area contributed by atoms with E-state index < -0.39 is 51.9 Å². The van der Waals surface area contributed by atoms with Crippen molar-refractivity contribution in [1.29, 1.82) is 0 Å². The maximum atomic E-state index is 14.2. The molecule has 3 amide bonds. The predicted molar refractivity (Wildman–Crippen MR) is 161 cm³/mol. The van der Waals surface area contributed by atoms with Crippen LogP contribution in [0.4, 0.5) is 13.6 Å². The molecule has 10 nitrogen and oxygen atoms in total. The number of carbonyl (C=O) groups excluding carboxylic acids is 3. The summed E-state index contributed by atoms with van der Waals surface area (Å²) in [6, 6.07) is 11.7. The zero-order chi connectivity index (χ0) is 32.4. The zero-order valence-electron chi connectivity index (χ0n) is 25.1. The standard InChI is InChI=1S/C32H36F2N4O6/c1-6-8-16-37(31(42)44-32(3,4)5)38-19-24(29(40)36-18-22-14-15-23(33)17-25(22)34)27(39)28(26(38)30(41)35-7-2)43-20-21-12-10-9-11-13-21/h6,9-15,17,19H,1,7-8,16,18,20H2,2-5H3,(H,35,41)(H,36,40). The first-order chi connectivity index (χ1) is 20.9. The maximum absolute atomic E-state index is 14.2. The minimum absolute atomic E-state index is 0.0269. The van der Waals surface area contributed by atoms with Gasteiger partial charge in [-0.05, 0) is 45.7 Å². The SMILES string of the molecule is C=CCCN(C(=O)OC(C)(C)C)n1cc(C(=O)NCc2ccc(F)cc2F)c(=O)c(OCc2ccccc2)c1C(=O)NCC. The van der Waals surface area contributed by atoms with Crippen LogP contribution in [-0.4, -0.2) is 41.3 Å². The summed E-state index contributed by atoms with van der Waals surface area (Å²) in [6.45, 7) is 9.95. The number of amides is 3. The van der Waals surface area contributed by atoms with E-state index in [4.69, 9.17) is 9.47 Å². The molecule has 0 saturated carbocycles. The summed E-state index contributed by atoms with van der Waals surface area (Å²) in [5, 5.41) is 6.13. The maximum Gasteiger partial charge on any atom is 0.429 e. The quantitative estimate of drug-likeness (QED) is 0.284. The minimum Gasteiger partial charge on any atom is -0.482 e. The summed E-state index contributed by atoms with van der Waals surface area (Å²) in [4.78, 5) is 54.2. The van der Waals surface area contributed by atoms with Crippen molar-refractivity contribution >= 4 is 17.9 Å². The molecule has 12 heteroatoms. The van der Waals surface area contributed by atoms with Crippen molar-refractivity contribution in [2.24, 2.45) is 0 Å². The molecule has 2 aromatic carbocycles. The van der Waals surface area contributed by atoms with E-state index in [1.165, 1.54) is 0 Å². The molecule has 0 fully saturated rings. The summed E-state index contributed by atoms with van der Waals surface area (Å²) in [5.41, 5.74) is -2.08. The van der Waals surface area contributed by atoms with Crippen molar-refractivity contribution in [3.05, 3.63) is 112 Å². The molecule has 234 valence electrons. The summed E-state index contributed by atoms with van der Waals surface area (Å²) in [6.07, 6.45) is 1.96. The molecule has 0 aliphatic rings. The van der Waals surface area contributed by atoms with Crippen molar-refractivity contribution in [3.63, 3.8) is 0 Å². The molecule has 0 unspecified atom stereocenters. The van der Waals surface area contributed by atoms with E-state index >= 15 is 0 Å². The molecule has 3 aromatic rings. The Hall–Kier alpha value is -5.00. The smallest absolute Gasteiger partial charge is 0.429 e. The zero-order valence-corrected chi connectivity index (χ0v) is 25.1. The molecule has 0 spiro atoms. The van der Waals surface area contributed by atoms with Crippen molar-refractivity contribution < 1.29 is 32.6 Å². The van der Waals surface area contributed by atoms with Crippen LogP contribution in [0.2, 0.25) is 0 Å². The van der Waals surface area contributed by atoms with Crippen molar-refractivity contribution in [2.45, 2.75) is 52.9 Å². The van der Waals surface area contributed by atoms with Gasteiger partial charge in [0.15, 0.2) is 11.4 Å². The van der Waals surface area contributed by atoms with Gasteiger partial charge in [-0.2, -0.15) is 0 Å². The molecule has 1 heterocycles. The van der Waals surface area contributed by atoms with E-state index in [0.29, 0.717) is 11.6 Å². The largest absolute Gasteiger partial charge is 0.482 e. The van der Waals surface area contributed by atoms with Crippen LogP contribution in [0, 0.1) is 11.6 Å². The van der Waals surface area contributed by atoms with E-state index in [9.17, 15) is 28.0 Å². The Bertz CT molecular complexity index is 1570. The summed E-state index contributed by atoms with van der Waals surface area (Å²) in [5.74, 6) is -3.87. The Labute approximate surface area is 254 Å². The molecule has 0 saturated heterocycles. The average molecular weight is 611 g/mol. The second-order valence-corrected chi connectivity index (χ2v) is 10.6. The summed E-state index contributed by atoms with van der Waals surface area (Å²) >= 11 is 0. The van der Waals surface area contributed by atoms with Crippen molar-refractivity contribution in [2.75, 3.05) is 18.1 Å². The third-order valence-corrected chi connectivity index (χ3v) is 6.03. The van der Waals surface area contributed by atoms with Gasteiger partial charge in [-0.15, -0.1) is 6.58 Å². The first-order valence-corrected chi connectivity index (χ1v) is 13.9. The van der Waals surface area contributed by atoms with Gasteiger partial charge in [0.05, 0.1) is 0 Å². The molecule has 0 radical (unpaired) electrons. The fraction of sp³-hybridized carbons (Fsp3) is 0.312. The van der Waals surface area contributed by atoms with Gasteiger partial charge in [0.2, 0.25) is 5.43 Å². The normalized spacial score (nSPS) is 11.0. The number of nitrogens with zero attached hydrogens (tertiary/aromatic N) is 2. The van der Waals surface area contributed by atoms with Gasteiger partial charge in [0.1, 0.15) is 29.4 Å². The number of halogens is 2. The number of aromatic nitrogens is 1. The Morgan fingerprint density at radius 1 is 1.05 bits per heavy atom. The molecule has 3 rings (SSSR count). The Morgan fingerprint density at radius 2 is 1.75 bits per heavy atom. The van der Waals surface area contributed by atoms with Gasteiger partial charge in [0, 0.05) is 37.5 Å². The number of carbonyl (C=O) groups is 3. The van der Waals surface area contributed by atoms with Crippen LogP contribution >= 0.6 is 0 Å². The number of hydrogen-bond acceptors (Lipinski definition) is 6. The highest BCUT2D eigenvalue weighted by Crippen LogP contribution is 2.21. The molecule has 0 aliphatic heterocycles. The molecule has 2 N–H and O–H groups in total. The van der Waals surface area contributed by atoms with Crippen LogP contribution in [0.15, 0.2) is 72.2 Å². The van der Waals surface area contributed by atoms with E-state index in [-0.39, 0.29) is 43.9 Å². The lowest BCUT2D eigenvalue weighted by atomic mass is 10.1. The second-order valence-electron chi connectivity index (χ2n) is 10.6. The van der Waals surface area contributed by atoms with Gasteiger partial charge in [-0.1, -0.05) is 42.5 Å². The van der Waals surface area contributed by atoms with Crippen LogP contribution in [0.25, 0.3) is 0 Å². The van der Waals surface area contributed by atoms with Gasteiger partial charge >= 0.3 is 6.09 Å². The lowest BCUT2D eigenvalue weighted by Gasteiger charge is -2.31. The van der Waals surface area contributed by atoms with Gasteiger partial charge < -0.3 is 20.1 Å². The summed E-state index contributed by atoms with van der Waals surface area (Å²) in [7, 11) is 0. The van der Waals surface area contributed by atoms with E-state index in [0.717, 1.165) is 28.0 Å². The van der Waals surface area contributed by atoms with Crippen molar-refractivity contribution in [3.8, 4) is 5.75 Å².